The van der Waals surface area contributed by atoms with Gasteiger partial charge in [0.05, 0.1) is 5.02 Å². The Kier molecular flexibility index (Phi) is 4.08. The van der Waals surface area contributed by atoms with Gasteiger partial charge in [-0.25, -0.2) is 4.39 Å². The first-order valence-electron chi connectivity index (χ1n) is 6.70. The van der Waals surface area contributed by atoms with Crippen molar-refractivity contribution >= 4 is 23.2 Å². The molecule has 2 aromatic carbocycles. The molecule has 7 heteroatoms. The van der Waals surface area contributed by atoms with E-state index in [0.29, 0.717) is 23.0 Å². The fourth-order valence-corrected chi connectivity index (χ4v) is 2.14. The summed E-state index contributed by atoms with van der Waals surface area (Å²) in [5, 5.41) is 6.41. The lowest BCUT2D eigenvalue weighted by atomic mass is 10.1. The number of hydrogen-bond acceptors (Lipinski definition) is 4. The van der Waals surface area contributed by atoms with Gasteiger partial charge in [0.15, 0.2) is 0 Å². The average Bonchev–Trinajstić information content (AvgIpc) is 2.97. The molecule has 0 atom stereocenters. The van der Waals surface area contributed by atoms with Crippen LogP contribution in [0.15, 0.2) is 47.0 Å². The number of nitrogens with one attached hydrogen (secondary N) is 1. The summed E-state index contributed by atoms with van der Waals surface area (Å²) >= 11 is 5.68. The Morgan fingerprint density at radius 3 is 2.57 bits per heavy atom. The predicted molar refractivity (Wildman–Crippen MR) is 83.8 cm³/mol. The van der Waals surface area contributed by atoms with E-state index in [-0.39, 0.29) is 10.9 Å². The number of carbonyl (C=O) groups excluding carboxylic acids is 1. The number of halogens is 2. The van der Waals surface area contributed by atoms with Crippen LogP contribution in [0.3, 0.4) is 0 Å². The highest BCUT2D eigenvalue weighted by molar-refractivity contribution is 6.31. The first-order chi connectivity index (χ1) is 11.0. The van der Waals surface area contributed by atoms with Gasteiger partial charge in [-0.3, -0.25) is 4.79 Å². The van der Waals surface area contributed by atoms with Crippen LogP contribution in [0.1, 0.15) is 16.2 Å². The van der Waals surface area contributed by atoms with Crippen molar-refractivity contribution in [3.05, 3.63) is 64.8 Å². The molecule has 0 fully saturated rings. The Morgan fingerprint density at radius 1 is 1.22 bits per heavy atom. The van der Waals surface area contributed by atoms with Crippen molar-refractivity contribution in [1.29, 1.82) is 0 Å². The molecule has 23 heavy (non-hydrogen) atoms. The third kappa shape index (κ3) is 3.37. The van der Waals surface area contributed by atoms with Crippen molar-refractivity contribution in [1.82, 2.24) is 10.1 Å². The number of hydrogen-bond donors (Lipinski definition) is 1. The van der Waals surface area contributed by atoms with E-state index in [1.54, 1.807) is 31.2 Å². The standard InChI is InChI=1S/C16H11ClFN3O2/c1-9-19-15(21-23-9)10-2-4-11(5-3-10)16(22)20-12-6-7-14(18)13(17)8-12/h2-8H,1H3,(H,20,22). The van der Waals surface area contributed by atoms with Gasteiger partial charge in [0.1, 0.15) is 5.82 Å². The number of rotatable bonds is 3. The molecule has 0 saturated heterocycles. The zero-order chi connectivity index (χ0) is 16.4. The van der Waals surface area contributed by atoms with Crippen molar-refractivity contribution < 1.29 is 13.7 Å². The minimum absolute atomic E-state index is 0.0503. The molecule has 3 aromatic rings. The summed E-state index contributed by atoms with van der Waals surface area (Å²) in [4.78, 5) is 16.3. The molecule has 0 aliphatic rings. The molecule has 0 aliphatic heterocycles. The first kappa shape index (κ1) is 15.2. The van der Waals surface area contributed by atoms with Crippen LogP contribution >= 0.6 is 11.6 Å². The topological polar surface area (TPSA) is 68.0 Å². The van der Waals surface area contributed by atoms with Crippen molar-refractivity contribution in [2.45, 2.75) is 6.92 Å². The smallest absolute Gasteiger partial charge is 0.255 e. The molecule has 1 aromatic heterocycles. The highest BCUT2D eigenvalue weighted by Crippen LogP contribution is 2.21. The number of carbonyl (C=O) groups is 1. The van der Waals surface area contributed by atoms with Gasteiger partial charge >= 0.3 is 0 Å². The molecule has 0 unspecified atom stereocenters. The molecule has 0 radical (unpaired) electrons. The van der Waals surface area contributed by atoms with Crippen LogP contribution in [-0.4, -0.2) is 16.0 Å². The maximum Gasteiger partial charge on any atom is 0.255 e. The van der Waals surface area contributed by atoms with Crippen LogP contribution in [0.5, 0.6) is 0 Å². The molecule has 0 saturated carbocycles. The second-order valence-electron chi connectivity index (χ2n) is 4.80. The Morgan fingerprint density at radius 2 is 1.96 bits per heavy atom. The van der Waals surface area contributed by atoms with Gasteiger partial charge in [-0.1, -0.05) is 28.9 Å². The molecule has 1 heterocycles. The second-order valence-corrected chi connectivity index (χ2v) is 5.20. The van der Waals surface area contributed by atoms with E-state index >= 15 is 0 Å². The fraction of sp³-hybridized carbons (Fsp3) is 0.0625. The van der Waals surface area contributed by atoms with Gasteiger partial charge in [0.25, 0.3) is 5.91 Å². The molecule has 0 spiro atoms. The van der Waals surface area contributed by atoms with Gasteiger partial charge in [0.2, 0.25) is 11.7 Å². The molecule has 0 bridgehead atoms. The van der Waals surface area contributed by atoms with E-state index in [4.69, 9.17) is 16.1 Å². The van der Waals surface area contributed by atoms with Crippen LogP contribution in [0.25, 0.3) is 11.4 Å². The fourth-order valence-electron chi connectivity index (χ4n) is 1.96. The van der Waals surface area contributed by atoms with Crippen molar-refractivity contribution in [3.8, 4) is 11.4 Å². The number of aryl methyl sites for hydroxylation is 1. The molecular formula is C16H11ClFN3O2. The summed E-state index contributed by atoms with van der Waals surface area (Å²) in [5.74, 6) is 0.0581. The predicted octanol–water partition coefficient (Wildman–Crippen LogP) is 4.09. The van der Waals surface area contributed by atoms with Crippen LogP contribution < -0.4 is 5.32 Å². The van der Waals surface area contributed by atoms with E-state index in [1.807, 2.05) is 0 Å². The first-order valence-corrected chi connectivity index (χ1v) is 7.08. The lowest BCUT2D eigenvalue weighted by Gasteiger charge is -2.06. The Labute approximate surface area is 136 Å². The normalized spacial score (nSPS) is 10.6. The summed E-state index contributed by atoms with van der Waals surface area (Å²) in [6, 6.07) is 10.7. The Balaban J connectivity index is 1.76. The monoisotopic (exact) mass is 331 g/mol. The van der Waals surface area contributed by atoms with Gasteiger partial charge in [0, 0.05) is 23.7 Å². The number of nitrogens with zero attached hydrogens (tertiary/aromatic N) is 2. The highest BCUT2D eigenvalue weighted by atomic mass is 35.5. The maximum atomic E-state index is 13.1. The minimum atomic E-state index is -0.538. The highest BCUT2D eigenvalue weighted by Gasteiger charge is 2.10. The van der Waals surface area contributed by atoms with Crippen molar-refractivity contribution in [2.75, 3.05) is 5.32 Å². The van der Waals surface area contributed by atoms with E-state index in [9.17, 15) is 9.18 Å². The second kappa shape index (κ2) is 6.18. The van der Waals surface area contributed by atoms with Gasteiger partial charge in [-0.05, 0) is 30.3 Å². The van der Waals surface area contributed by atoms with Crippen LogP contribution in [0.2, 0.25) is 5.02 Å². The lowest BCUT2D eigenvalue weighted by Crippen LogP contribution is -2.11. The van der Waals surface area contributed by atoms with Crippen molar-refractivity contribution in [2.24, 2.45) is 0 Å². The zero-order valence-corrected chi connectivity index (χ0v) is 12.8. The summed E-state index contributed by atoms with van der Waals surface area (Å²) in [6.07, 6.45) is 0. The molecule has 1 N–H and O–H groups in total. The SMILES string of the molecule is Cc1nc(-c2ccc(C(=O)Nc3ccc(F)c(Cl)c3)cc2)no1. The van der Waals surface area contributed by atoms with E-state index in [0.717, 1.165) is 5.56 Å². The average molecular weight is 332 g/mol. The maximum absolute atomic E-state index is 13.1. The Hall–Kier alpha value is -2.73. The molecule has 1 amide bonds. The summed E-state index contributed by atoms with van der Waals surface area (Å²) < 4.78 is 18.0. The Bertz CT molecular complexity index is 862. The summed E-state index contributed by atoms with van der Waals surface area (Å²) in [5.41, 5.74) is 1.59. The molecule has 3 rings (SSSR count). The molecule has 0 aliphatic carbocycles. The largest absolute Gasteiger partial charge is 0.339 e. The summed E-state index contributed by atoms with van der Waals surface area (Å²) in [7, 11) is 0. The van der Waals surface area contributed by atoms with Crippen LogP contribution in [0, 0.1) is 12.7 Å². The minimum Gasteiger partial charge on any atom is -0.339 e. The number of anilines is 1. The van der Waals surface area contributed by atoms with Gasteiger partial charge in [-0.15, -0.1) is 0 Å². The number of amides is 1. The third-order valence-electron chi connectivity index (χ3n) is 3.11. The lowest BCUT2D eigenvalue weighted by molar-refractivity contribution is 0.102. The quantitative estimate of drug-likeness (QED) is 0.785. The van der Waals surface area contributed by atoms with E-state index in [2.05, 4.69) is 15.5 Å². The number of aromatic nitrogens is 2. The molecule has 5 nitrogen and oxygen atoms in total. The third-order valence-corrected chi connectivity index (χ3v) is 3.40. The summed E-state index contributed by atoms with van der Waals surface area (Å²) in [6.45, 7) is 1.70. The van der Waals surface area contributed by atoms with Crippen molar-refractivity contribution in [3.63, 3.8) is 0 Å². The van der Waals surface area contributed by atoms with E-state index < -0.39 is 5.82 Å². The van der Waals surface area contributed by atoms with Crippen LogP contribution in [-0.2, 0) is 0 Å². The van der Waals surface area contributed by atoms with E-state index in [1.165, 1.54) is 18.2 Å². The zero-order valence-electron chi connectivity index (χ0n) is 12.0. The number of benzene rings is 2. The molecular weight excluding hydrogens is 321 g/mol. The molecule has 116 valence electrons. The van der Waals surface area contributed by atoms with Gasteiger partial charge in [-0.2, -0.15) is 4.98 Å². The van der Waals surface area contributed by atoms with Crippen LogP contribution in [0.4, 0.5) is 10.1 Å². The van der Waals surface area contributed by atoms with Gasteiger partial charge < -0.3 is 9.84 Å².